The van der Waals surface area contributed by atoms with Crippen molar-refractivity contribution in [3.63, 3.8) is 0 Å². The Labute approximate surface area is 187 Å². The maximum Gasteiger partial charge on any atom is 0.368 e. The third-order valence-electron chi connectivity index (χ3n) is 5.05. The Morgan fingerprint density at radius 2 is 1.79 bits per heavy atom. The Bertz CT molecular complexity index is 1350. The molecular weight excluding hydrogens is 426 g/mol. The van der Waals surface area contributed by atoms with Crippen molar-refractivity contribution >= 4 is 17.5 Å². The topological polar surface area (TPSA) is 137 Å². The fourth-order valence-electron chi connectivity index (χ4n) is 3.17. The van der Waals surface area contributed by atoms with Crippen LogP contribution in [0, 0.1) is 0 Å². The molecule has 1 aliphatic rings. The molecule has 11 nitrogen and oxygen atoms in total. The number of amides is 2. The molecule has 0 atom stereocenters. The van der Waals surface area contributed by atoms with Crippen LogP contribution in [0.15, 0.2) is 70.0 Å². The van der Waals surface area contributed by atoms with Gasteiger partial charge in [0.25, 0.3) is 5.91 Å². The largest absolute Gasteiger partial charge is 0.368 e. The van der Waals surface area contributed by atoms with E-state index in [4.69, 9.17) is 4.52 Å². The van der Waals surface area contributed by atoms with Crippen LogP contribution in [-0.4, -0.2) is 42.8 Å². The zero-order valence-electron chi connectivity index (χ0n) is 17.3. The summed E-state index contributed by atoms with van der Waals surface area (Å²) in [5, 5.41) is 17.0. The molecule has 1 aliphatic carbocycles. The molecule has 11 heteroatoms. The van der Waals surface area contributed by atoms with Crippen molar-refractivity contribution in [2.45, 2.75) is 25.4 Å². The van der Waals surface area contributed by atoms with E-state index < -0.39 is 11.6 Å². The normalized spacial score (nSPS) is 13.0. The van der Waals surface area contributed by atoms with Crippen molar-refractivity contribution in [1.29, 1.82) is 0 Å². The van der Waals surface area contributed by atoms with E-state index in [0.717, 1.165) is 27.8 Å². The number of hydrogen-bond donors (Lipinski definition) is 2. The quantitative estimate of drug-likeness (QED) is 0.441. The number of aromatic nitrogens is 5. The molecule has 0 saturated heterocycles. The Hall–Kier alpha value is -4.54. The predicted octanol–water partition coefficient (Wildman–Crippen LogP) is 1.61. The minimum absolute atomic E-state index is 0.140. The summed E-state index contributed by atoms with van der Waals surface area (Å²) in [5.74, 6) is -0.212. The average Bonchev–Trinajstić information content (AvgIpc) is 3.36. The first kappa shape index (κ1) is 20.4. The molecular formula is C22H19N7O4. The van der Waals surface area contributed by atoms with Gasteiger partial charge in [0.2, 0.25) is 5.91 Å². The third-order valence-corrected chi connectivity index (χ3v) is 5.05. The lowest BCUT2D eigenvalue weighted by atomic mass is 10.1. The van der Waals surface area contributed by atoms with Gasteiger partial charge in [0.1, 0.15) is 6.54 Å². The van der Waals surface area contributed by atoms with Gasteiger partial charge in [-0.25, -0.2) is 4.79 Å². The summed E-state index contributed by atoms with van der Waals surface area (Å²) in [6, 6.07) is 17.6. The fourth-order valence-corrected chi connectivity index (χ4v) is 3.17. The van der Waals surface area contributed by atoms with E-state index in [9.17, 15) is 14.4 Å². The number of hydrogen-bond acceptors (Lipinski definition) is 7. The molecule has 166 valence electrons. The maximum absolute atomic E-state index is 12.5. The molecule has 0 spiro atoms. The number of anilines is 1. The fraction of sp³-hybridized carbons (Fsp3) is 0.182. The predicted molar refractivity (Wildman–Crippen MR) is 117 cm³/mol. The second-order valence-corrected chi connectivity index (χ2v) is 7.62. The van der Waals surface area contributed by atoms with E-state index in [1.807, 2.05) is 30.3 Å². The zero-order valence-corrected chi connectivity index (χ0v) is 17.3. The molecule has 0 radical (unpaired) electrons. The van der Waals surface area contributed by atoms with Crippen LogP contribution < -0.4 is 16.3 Å². The lowest BCUT2D eigenvalue weighted by molar-refractivity contribution is -0.122. The highest BCUT2D eigenvalue weighted by Gasteiger charge is 2.24. The molecule has 33 heavy (non-hydrogen) atoms. The zero-order chi connectivity index (χ0) is 22.8. The van der Waals surface area contributed by atoms with Gasteiger partial charge in [0, 0.05) is 23.4 Å². The molecule has 1 fully saturated rings. The van der Waals surface area contributed by atoms with Gasteiger partial charge in [-0.3, -0.25) is 9.59 Å². The second-order valence-electron chi connectivity index (χ2n) is 7.62. The van der Waals surface area contributed by atoms with E-state index >= 15 is 0 Å². The van der Waals surface area contributed by atoms with E-state index in [1.165, 1.54) is 0 Å². The first-order valence-corrected chi connectivity index (χ1v) is 10.3. The molecule has 2 aromatic heterocycles. The number of nitrogens with zero attached hydrogens (tertiary/aromatic N) is 5. The summed E-state index contributed by atoms with van der Waals surface area (Å²) in [6.45, 7) is -0.188. The monoisotopic (exact) mass is 445 g/mol. The molecule has 2 amide bonds. The van der Waals surface area contributed by atoms with Crippen LogP contribution in [0.4, 0.5) is 5.69 Å². The van der Waals surface area contributed by atoms with Gasteiger partial charge in [-0.15, -0.1) is 0 Å². The number of carbonyl (C=O) groups is 2. The second kappa shape index (κ2) is 8.54. The maximum atomic E-state index is 12.5. The van der Waals surface area contributed by atoms with Gasteiger partial charge in [0.15, 0.2) is 11.5 Å². The van der Waals surface area contributed by atoms with Gasteiger partial charge in [-0.1, -0.05) is 35.5 Å². The van der Waals surface area contributed by atoms with Crippen molar-refractivity contribution in [2.24, 2.45) is 0 Å². The molecule has 2 aromatic carbocycles. The van der Waals surface area contributed by atoms with Crippen LogP contribution in [0.5, 0.6) is 0 Å². The number of rotatable bonds is 7. The van der Waals surface area contributed by atoms with Crippen molar-refractivity contribution in [1.82, 2.24) is 30.3 Å². The number of benzene rings is 2. The highest BCUT2D eigenvalue weighted by molar-refractivity contribution is 6.03. The number of carbonyl (C=O) groups excluding carboxylic acids is 2. The smallest absolute Gasteiger partial charge is 0.355 e. The Morgan fingerprint density at radius 3 is 2.52 bits per heavy atom. The molecule has 5 rings (SSSR count). The van der Waals surface area contributed by atoms with Gasteiger partial charge in [-0.05, 0) is 47.5 Å². The van der Waals surface area contributed by atoms with Gasteiger partial charge in [0.05, 0.1) is 5.69 Å². The summed E-state index contributed by atoms with van der Waals surface area (Å²) in [7, 11) is 0. The average molecular weight is 445 g/mol. The molecule has 4 aromatic rings. The van der Waals surface area contributed by atoms with E-state index in [0.29, 0.717) is 17.1 Å². The highest BCUT2D eigenvalue weighted by atomic mass is 16.5. The van der Waals surface area contributed by atoms with Crippen LogP contribution in [-0.2, 0) is 11.3 Å². The molecule has 0 unspecified atom stereocenters. The minimum atomic E-state index is -0.534. The van der Waals surface area contributed by atoms with Gasteiger partial charge >= 0.3 is 5.69 Å². The summed E-state index contributed by atoms with van der Waals surface area (Å²) < 4.78 is 7.34. The molecule has 1 saturated carbocycles. The third kappa shape index (κ3) is 4.56. The first-order chi connectivity index (χ1) is 16.1. The van der Waals surface area contributed by atoms with Crippen molar-refractivity contribution in [3.05, 3.63) is 76.8 Å². The van der Waals surface area contributed by atoms with Crippen LogP contribution >= 0.6 is 0 Å². The Kier molecular flexibility index (Phi) is 5.27. The SMILES string of the molecule is O=C(Cn1nnn(-c2ccc(NC(=O)c3cc(-c4ccccc4)on3)cc2)c1=O)NC1CC1. The summed E-state index contributed by atoms with van der Waals surface area (Å²) in [6.07, 6.45) is 1.92. The van der Waals surface area contributed by atoms with Crippen LogP contribution in [0.3, 0.4) is 0 Å². The summed E-state index contributed by atoms with van der Waals surface area (Å²) in [4.78, 5) is 36.9. The van der Waals surface area contributed by atoms with E-state index in [1.54, 1.807) is 30.3 Å². The molecule has 0 aliphatic heterocycles. The molecule has 0 bridgehead atoms. The number of nitrogens with one attached hydrogen (secondary N) is 2. The number of tetrazole rings is 1. The van der Waals surface area contributed by atoms with Crippen LogP contribution in [0.1, 0.15) is 23.3 Å². The van der Waals surface area contributed by atoms with Gasteiger partial charge < -0.3 is 15.2 Å². The standard InChI is InChI=1S/C22H19N7O4/c30-20(23-15-6-7-15)13-28-22(32)29(27-26-28)17-10-8-16(9-11-17)24-21(31)18-12-19(33-25-18)14-4-2-1-3-5-14/h1-5,8-12,15H,6-7,13H2,(H,23,30)(H,24,31). The lowest BCUT2D eigenvalue weighted by Crippen LogP contribution is -2.34. The van der Waals surface area contributed by atoms with Crippen LogP contribution in [0.2, 0.25) is 0 Å². The lowest BCUT2D eigenvalue weighted by Gasteiger charge is -2.04. The van der Waals surface area contributed by atoms with Gasteiger partial charge in [-0.2, -0.15) is 9.36 Å². The van der Waals surface area contributed by atoms with E-state index in [2.05, 4.69) is 26.2 Å². The Morgan fingerprint density at radius 1 is 1.03 bits per heavy atom. The van der Waals surface area contributed by atoms with Crippen molar-refractivity contribution in [2.75, 3.05) is 5.32 Å². The highest BCUT2D eigenvalue weighted by Crippen LogP contribution is 2.21. The van der Waals surface area contributed by atoms with Crippen LogP contribution in [0.25, 0.3) is 17.0 Å². The summed E-state index contributed by atoms with van der Waals surface area (Å²) in [5.41, 5.74) is 1.36. The van der Waals surface area contributed by atoms with E-state index in [-0.39, 0.29) is 24.2 Å². The van der Waals surface area contributed by atoms with Crippen molar-refractivity contribution < 1.29 is 14.1 Å². The molecule has 2 N–H and O–H groups in total. The minimum Gasteiger partial charge on any atom is -0.355 e. The summed E-state index contributed by atoms with van der Waals surface area (Å²) >= 11 is 0. The van der Waals surface area contributed by atoms with Crippen molar-refractivity contribution in [3.8, 4) is 17.0 Å². The first-order valence-electron chi connectivity index (χ1n) is 10.3. The molecule has 2 heterocycles. The Balaban J connectivity index is 1.25.